The first-order chi connectivity index (χ1) is 16.9. The van der Waals surface area contributed by atoms with Crippen molar-refractivity contribution in [2.24, 2.45) is 0 Å². The number of nitrogens with one attached hydrogen (secondary N) is 2. The van der Waals surface area contributed by atoms with Crippen molar-refractivity contribution in [1.29, 1.82) is 0 Å². The number of oxazole rings is 2. The van der Waals surface area contributed by atoms with Gasteiger partial charge in [0.2, 0.25) is 23.6 Å². The van der Waals surface area contributed by atoms with E-state index in [1.807, 2.05) is 12.1 Å². The first kappa shape index (κ1) is 22.9. The molecule has 2 aromatic carbocycles. The highest BCUT2D eigenvalue weighted by Gasteiger charge is 2.34. The molecule has 2 fully saturated rings. The lowest BCUT2D eigenvalue weighted by Gasteiger charge is -2.20. The Kier molecular flexibility index (Phi) is 6.17. The van der Waals surface area contributed by atoms with Crippen molar-refractivity contribution in [3.63, 3.8) is 0 Å². The number of amides is 4. The zero-order chi connectivity index (χ0) is 24.5. The van der Waals surface area contributed by atoms with Crippen LogP contribution < -0.4 is 10.6 Å². The Hall–Kier alpha value is -3.84. The molecule has 0 spiro atoms. The highest BCUT2D eigenvalue weighted by Crippen LogP contribution is 2.33. The largest absolute Gasteiger partial charge is 0.443 e. The predicted molar refractivity (Wildman–Crippen MR) is 125 cm³/mol. The first-order valence-corrected chi connectivity index (χ1v) is 12.6. The summed E-state index contributed by atoms with van der Waals surface area (Å²) in [7, 11) is -1.54. The third kappa shape index (κ3) is 4.72. The molecule has 35 heavy (non-hydrogen) atoms. The minimum atomic E-state index is -1.54. The second-order valence-electron chi connectivity index (χ2n) is 7.58. The topological polar surface area (TPSA) is 161 Å². The number of carbonyl (C=O) groups is 4. The third-order valence-electron chi connectivity index (χ3n) is 5.23. The summed E-state index contributed by atoms with van der Waals surface area (Å²) in [5.41, 5.74) is 3.99. The van der Waals surface area contributed by atoms with E-state index in [1.165, 1.54) is 24.5 Å². The number of aromatic nitrogens is 2. The van der Waals surface area contributed by atoms with E-state index < -0.39 is 27.9 Å². The summed E-state index contributed by atoms with van der Waals surface area (Å²) in [5, 5.41) is 3.33. The van der Waals surface area contributed by atoms with Gasteiger partial charge in [-0.2, -0.15) is 0 Å². The Balaban J connectivity index is 0.000000145. The fourth-order valence-electron chi connectivity index (χ4n) is 3.67. The first-order valence-electron chi connectivity index (χ1n) is 10.2. The summed E-state index contributed by atoms with van der Waals surface area (Å²) >= 11 is 1.32. The van der Waals surface area contributed by atoms with Crippen LogP contribution in [0.1, 0.15) is 21.6 Å². The molecular weight excluding hydrogens is 496 g/mol. The quantitative estimate of drug-likeness (QED) is 0.377. The van der Waals surface area contributed by atoms with Crippen LogP contribution in [-0.2, 0) is 30.0 Å². The SMILES string of the molecule is O=C1CS(=O)C(c2ccc3ocnc3c2)C(=O)N1.O=C1CSC(c2ccc3ocnc3c2)C(=O)N1. The molecule has 2 aromatic heterocycles. The van der Waals surface area contributed by atoms with Crippen LogP contribution in [0.15, 0.2) is 58.0 Å². The van der Waals surface area contributed by atoms with Gasteiger partial charge in [0.25, 0.3) is 0 Å². The van der Waals surface area contributed by atoms with E-state index in [0.29, 0.717) is 33.5 Å². The van der Waals surface area contributed by atoms with Crippen LogP contribution in [0.5, 0.6) is 0 Å². The van der Waals surface area contributed by atoms with Crippen LogP contribution in [0.4, 0.5) is 0 Å². The van der Waals surface area contributed by atoms with Crippen LogP contribution in [0.25, 0.3) is 22.2 Å². The molecule has 4 aromatic rings. The molecule has 2 aliphatic heterocycles. The van der Waals surface area contributed by atoms with Gasteiger partial charge in [-0.3, -0.25) is 34.0 Å². The summed E-state index contributed by atoms with van der Waals surface area (Å²) < 4.78 is 22.1. The van der Waals surface area contributed by atoms with E-state index in [1.54, 1.807) is 24.3 Å². The summed E-state index contributed by atoms with van der Waals surface area (Å²) in [5.74, 6) is -1.40. The fraction of sp³-hybridized carbons (Fsp3) is 0.182. The van der Waals surface area contributed by atoms with Gasteiger partial charge >= 0.3 is 0 Å². The molecule has 3 unspecified atom stereocenters. The summed E-state index contributed by atoms with van der Waals surface area (Å²) in [6, 6.07) is 10.4. The van der Waals surface area contributed by atoms with Crippen LogP contribution >= 0.6 is 11.8 Å². The molecule has 2 N–H and O–H groups in total. The summed E-state index contributed by atoms with van der Waals surface area (Å²) in [6.45, 7) is 0. The van der Waals surface area contributed by atoms with Crippen molar-refractivity contribution in [1.82, 2.24) is 20.6 Å². The molecule has 11 nitrogen and oxygen atoms in total. The summed E-state index contributed by atoms with van der Waals surface area (Å²) in [6.07, 6.45) is 2.67. The number of benzene rings is 2. The minimum Gasteiger partial charge on any atom is -0.443 e. The number of carbonyl (C=O) groups excluding carboxylic acids is 4. The molecule has 6 rings (SSSR count). The monoisotopic (exact) mass is 512 g/mol. The highest BCUT2D eigenvalue weighted by molar-refractivity contribution is 8.01. The number of fused-ring (bicyclic) bond motifs is 2. The van der Waals surface area contributed by atoms with Gasteiger partial charge in [0, 0.05) is 10.8 Å². The molecule has 13 heteroatoms. The van der Waals surface area contributed by atoms with E-state index in [0.717, 1.165) is 5.56 Å². The zero-order valence-corrected chi connectivity index (χ0v) is 19.4. The highest BCUT2D eigenvalue weighted by atomic mass is 32.2. The van der Waals surface area contributed by atoms with E-state index >= 15 is 0 Å². The van der Waals surface area contributed by atoms with Crippen molar-refractivity contribution < 1.29 is 32.2 Å². The lowest BCUT2D eigenvalue weighted by Crippen LogP contribution is -2.45. The van der Waals surface area contributed by atoms with Crippen molar-refractivity contribution in [2.75, 3.05) is 11.5 Å². The van der Waals surface area contributed by atoms with Gasteiger partial charge in [0.15, 0.2) is 24.0 Å². The third-order valence-corrected chi connectivity index (χ3v) is 8.04. The van der Waals surface area contributed by atoms with Crippen LogP contribution in [-0.4, -0.2) is 49.3 Å². The predicted octanol–water partition coefficient (Wildman–Crippen LogP) is 1.53. The van der Waals surface area contributed by atoms with E-state index in [9.17, 15) is 23.4 Å². The van der Waals surface area contributed by atoms with Gasteiger partial charge in [-0.25, -0.2) is 9.97 Å². The molecule has 3 atom stereocenters. The Morgan fingerprint density at radius 1 is 0.829 bits per heavy atom. The van der Waals surface area contributed by atoms with E-state index in [4.69, 9.17) is 8.83 Å². The van der Waals surface area contributed by atoms with Gasteiger partial charge in [-0.1, -0.05) is 12.1 Å². The van der Waals surface area contributed by atoms with Gasteiger partial charge in [-0.15, -0.1) is 11.8 Å². The fourth-order valence-corrected chi connectivity index (χ4v) is 5.86. The Labute approximate surface area is 203 Å². The van der Waals surface area contributed by atoms with Crippen molar-refractivity contribution >= 4 is 68.4 Å². The van der Waals surface area contributed by atoms with Crippen LogP contribution in [0, 0.1) is 0 Å². The number of imide groups is 2. The summed E-state index contributed by atoms with van der Waals surface area (Å²) in [4.78, 5) is 53.5. The number of thioether (sulfide) groups is 1. The van der Waals surface area contributed by atoms with Gasteiger partial charge in [0.1, 0.15) is 27.3 Å². The standard InChI is InChI=1S/C11H8N2O4S.C11H8N2O3S/c14-9-4-18(16)10(11(15)13-9)6-1-2-8-7(3-6)12-5-17-8;14-9-4-17-10(11(15)13-9)6-1-2-8-7(3-6)12-5-16-8/h1-3,5,10H,4H2,(H,13,14,15);1-3,5,10H,4H2,(H,13,14,15). The maximum absolute atomic E-state index is 11.9. The Bertz CT molecular complexity index is 1490. The number of hydrogen-bond acceptors (Lipinski definition) is 10. The van der Waals surface area contributed by atoms with E-state index in [2.05, 4.69) is 20.6 Å². The van der Waals surface area contributed by atoms with Crippen molar-refractivity contribution in [3.05, 3.63) is 60.3 Å². The zero-order valence-electron chi connectivity index (χ0n) is 17.8. The molecule has 0 saturated carbocycles. The minimum absolute atomic E-state index is 0.159. The molecule has 4 amide bonds. The average Bonchev–Trinajstić information content (AvgIpc) is 3.47. The molecular formula is C22H16N4O7S2. The second kappa shape index (κ2) is 9.43. The Morgan fingerprint density at radius 2 is 1.43 bits per heavy atom. The molecule has 0 radical (unpaired) electrons. The van der Waals surface area contributed by atoms with Gasteiger partial charge < -0.3 is 8.83 Å². The number of rotatable bonds is 2. The van der Waals surface area contributed by atoms with Crippen LogP contribution in [0.2, 0.25) is 0 Å². The molecule has 2 aliphatic rings. The van der Waals surface area contributed by atoms with E-state index in [-0.39, 0.29) is 22.8 Å². The average molecular weight is 513 g/mol. The normalized spacial score (nSPS) is 22.5. The van der Waals surface area contributed by atoms with Gasteiger partial charge in [-0.05, 0) is 35.4 Å². The molecule has 2 saturated heterocycles. The molecule has 4 heterocycles. The maximum Gasteiger partial charge on any atom is 0.246 e. The van der Waals surface area contributed by atoms with Crippen molar-refractivity contribution in [3.8, 4) is 0 Å². The smallest absolute Gasteiger partial charge is 0.246 e. The number of hydrogen-bond donors (Lipinski definition) is 2. The van der Waals surface area contributed by atoms with Crippen LogP contribution in [0.3, 0.4) is 0 Å². The lowest BCUT2D eigenvalue weighted by molar-refractivity contribution is -0.131. The van der Waals surface area contributed by atoms with Gasteiger partial charge in [0.05, 0.1) is 5.75 Å². The molecule has 0 aliphatic carbocycles. The lowest BCUT2D eigenvalue weighted by atomic mass is 10.1. The van der Waals surface area contributed by atoms with Crippen molar-refractivity contribution in [2.45, 2.75) is 10.5 Å². The molecule has 178 valence electrons. The second-order valence-corrected chi connectivity index (χ2v) is 10.2. The molecule has 0 bridgehead atoms. The Morgan fingerprint density at radius 3 is 2.06 bits per heavy atom. The maximum atomic E-state index is 11.9. The number of nitrogens with zero attached hydrogens (tertiary/aromatic N) is 2.